The highest BCUT2D eigenvalue weighted by Crippen LogP contribution is 2.21. The zero-order valence-corrected chi connectivity index (χ0v) is 20.8. The fourth-order valence-electron chi connectivity index (χ4n) is 1.94. The molecule has 0 saturated heterocycles. The van der Waals surface area contributed by atoms with Gasteiger partial charge < -0.3 is 48.5 Å². The van der Waals surface area contributed by atoms with E-state index in [1.807, 2.05) is 48.5 Å². The largest absolute Gasteiger partial charge is 0.461 e. The molecule has 0 heterocycles. The SMILES string of the molecule is CCC(CO)(CO)CO.CCOC(OCC)=C(OCC)OC(OCC)=C(OCC)OCC. The summed E-state index contributed by atoms with van der Waals surface area (Å²) >= 11 is 0. The van der Waals surface area contributed by atoms with E-state index in [1.165, 1.54) is 0 Å². The molecule has 0 rings (SSSR count). The summed E-state index contributed by atoms with van der Waals surface area (Å²) < 4.78 is 38.3. The van der Waals surface area contributed by atoms with Crippen LogP contribution in [0.4, 0.5) is 0 Å². The van der Waals surface area contributed by atoms with Crippen molar-refractivity contribution in [3.63, 3.8) is 0 Å². The highest BCUT2D eigenvalue weighted by molar-refractivity contribution is 4.95. The minimum absolute atomic E-state index is 0.0663. The van der Waals surface area contributed by atoms with Gasteiger partial charge in [-0.2, -0.15) is 0 Å². The molecule has 192 valence electrons. The molecule has 32 heavy (non-hydrogen) atoms. The van der Waals surface area contributed by atoms with Crippen LogP contribution in [0.2, 0.25) is 0 Å². The van der Waals surface area contributed by atoms with Crippen LogP contribution >= 0.6 is 0 Å². The number of hydrogen-bond acceptors (Lipinski definition) is 10. The van der Waals surface area contributed by atoms with E-state index in [9.17, 15) is 0 Å². The molecule has 0 spiro atoms. The fourth-order valence-corrected chi connectivity index (χ4v) is 1.94. The van der Waals surface area contributed by atoms with Crippen LogP contribution in [0.5, 0.6) is 0 Å². The van der Waals surface area contributed by atoms with Gasteiger partial charge in [0.05, 0.1) is 59.5 Å². The summed E-state index contributed by atoms with van der Waals surface area (Å²) in [5.41, 5.74) is -0.667. The van der Waals surface area contributed by atoms with Crippen LogP contribution in [-0.2, 0) is 33.2 Å². The third kappa shape index (κ3) is 12.7. The van der Waals surface area contributed by atoms with Gasteiger partial charge in [-0.25, -0.2) is 0 Å². The molecule has 0 radical (unpaired) electrons. The first-order valence-corrected chi connectivity index (χ1v) is 11.2. The van der Waals surface area contributed by atoms with Gasteiger partial charge in [0.1, 0.15) is 0 Å². The topological polar surface area (TPSA) is 125 Å². The molecule has 0 aromatic carbocycles. The molecule has 0 aliphatic carbocycles. The van der Waals surface area contributed by atoms with Crippen molar-refractivity contribution >= 4 is 0 Å². The van der Waals surface area contributed by atoms with E-state index in [0.29, 0.717) is 46.1 Å². The lowest BCUT2D eigenvalue weighted by Gasteiger charge is -2.24. The van der Waals surface area contributed by atoms with E-state index < -0.39 is 5.41 Å². The summed E-state index contributed by atoms with van der Waals surface area (Å²) in [6.45, 7) is 14.8. The number of aliphatic hydroxyl groups is 3. The number of hydrogen-bond donors (Lipinski definition) is 3. The molecular weight excluding hydrogens is 424 g/mol. The zero-order valence-electron chi connectivity index (χ0n) is 20.8. The van der Waals surface area contributed by atoms with E-state index in [0.717, 1.165) is 0 Å². The molecule has 0 unspecified atom stereocenters. The fraction of sp³-hybridized carbons (Fsp3) is 0.818. The Morgan fingerprint density at radius 3 is 0.875 bits per heavy atom. The maximum Gasteiger partial charge on any atom is 0.372 e. The van der Waals surface area contributed by atoms with Gasteiger partial charge in [0.15, 0.2) is 0 Å². The highest BCUT2D eigenvalue weighted by atomic mass is 16.8. The first-order valence-electron chi connectivity index (χ1n) is 11.2. The average molecular weight is 469 g/mol. The molecule has 0 aromatic heterocycles. The first kappa shape index (κ1) is 32.1. The predicted molar refractivity (Wildman–Crippen MR) is 119 cm³/mol. The summed E-state index contributed by atoms with van der Waals surface area (Å²) in [4.78, 5) is 0. The summed E-state index contributed by atoms with van der Waals surface area (Å²) in [6, 6.07) is 0. The molecule has 0 atom stereocenters. The number of rotatable bonds is 18. The molecule has 0 fully saturated rings. The third-order valence-electron chi connectivity index (χ3n) is 3.93. The predicted octanol–water partition coefficient (Wildman–Crippen LogP) is 2.83. The van der Waals surface area contributed by atoms with Crippen molar-refractivity contribution in [2.75, 3.05) is 59.5 Å². The number of ether oxygens (including phenoxy) is 7. The average Bonchev–Trinajstić information content (AvgIpc) is 2.80. The van der Waals surface area contributed by atoms with Crippen LogP contribution in [0.1, 0.15) is 54.9 Å². The standard InChI is InChI=1S/C16H30O7.C6H14O3/c1-7-17-13(18-8-2)15(21-11-5)23-16(22-12-6)14(19-9-3)20-10-4;1-2-6(3-7,4-8)5-9/h7-12H2,1-6H3;7-9H,2-5H2,1H3. The van der Waals surface area contributed by atoms with Gasteiger partial charge in [0, 0.05) is 5.41 Å². The molecule has 0 aliphatic heterocycles. The molecule has 3 N–H and O–H groups in total. The second kappa shape index (κ2) is 20.8. The Kier molecular flexibility index (Phi) is 20.9. The minimum atomic E-state index is -0.667. The summed E-state index contributed by atoms with van der Waals surface area (Å²) in [6.07, 6.45) is 0.594. The minimum Gasteiger partial charge on any atom is -0.461 e. The van der Waals surface area contributed by atoms with Crippen molar-refractivity contribution in [2.24, 2.45) is 5.41 Å². The Morgan fingerprint density at radius 1 is 0.469 bits per heavy atom. The van der Waals surface area contributed by atoms with E-state index in [-0.39, 0.29) is 43.6 Å². The van der Waals surface area contributed by atoms with Crippen LogP contribution in [0.3, 0.4) is 0 Å². The Bertz CT molecular complexity index is 433. The smallest absolute Gasteiger partial charge is 0.372 e. The van der Waals surface area contributed by atoms with Gasteiger partial charge in [0.25, 0.3) is 0 Å². The normalized spacial score (nSPS) is 10.2. The Morgan fingerprint density at radius 2 is 0.719 bits per heavy atom. The molecule has 0 amide bonds. The van der Waals surface area contributed by atoms with Crippen molar-refractivity contribution in [3.05, 3.63) is 23.8 Å². The second-order valence-electron chi connectivity index (χ2n) is 6.18. The zero-order chi connectivity index (χ0) is 24.8. The maximum atomic E-state index is 8.66. The molecule has 10 heteroatoms. The lowest BCUT2D eigenvalue weighted by molar-refractivity contribution is -0.0756. The van der Waals surface area contributed by atoms with E-state index in [2.05, 4.69) is 0 Å². The molecule has 0 aromatic rings. The van der Waals surface area contributed by atoms with E-state index >= 15 is 0 Å². The van der Waals surface area contributed by atoms with Crippen LogP contribution in [-0.4, -0.2) is 74.8 Å². The Hall–Kier alpha value is -2.04. The molecule has 0 saturated carbocycles. The van der Waals surface area contributed by atoms with Gasteiger partial charge in [0.2, 0.25) is 0 Å². The molecular formula is C22H44O10. The van der Waals surface area contributed by atoms with Crippen LogP contribution in [0, 0.1) is 5.41 Å². The summed E-state index contributed by atoms with van der Waals surface area (Å²) in [5, 5.41) is 26.0. The van der Waals surface area contributed by atoms with E-state index in [1.54, 1.807) is 0 Å². The quantitative estimate of drug-likeness (QED) is 0.259. The lowest BCUT2D eigenvalue weighted by atomic mass is 9.88. The van der Waals surface area contributed by atoms with Gasteiger partial charge in [-0.15, -0.1) is 0 Å². The van der Waals surface area contributed by atoms with Crippen molar-refractivity contribution in [1.29, 1.82) is 0 Å². The van der Waals surface area contributed by atoms with Crippen LogP contribution in [0.25, 0.3) is 0 Å². The van der Waals surface area contributed by atoms with Crippen LogP contribution in [0.15, 0.2) is 23.8 Å². The van der Waals surface area contributed by atoms with Gasteiger partial charge >= 0.3 is 23.8 Å². The molecule has 0 bridgehead atoms. The summed E-state index contributed by atoms with van der Waals surface area (Å²) in [7, 11) is 0. The first-order chi connectivity index (χ1) is 15.4. The van der Waals surface area contributed by atoms with Gasteiger partial charge in [-0.3, -0.25) is 0 Å². The van der Waals surface area contributed by atoms with Gasteiger partial charge in [-0.05, 0) is 48.0 Å². The monoisotopic (exact) mass is 468 g/mol. The van der Waals surface area contributed by atoms with Crippen molar-refractivity contribution in [3.8, 4) is 0 Å². The lowest BCUT2D eigenvalue weighted by Crippen LogP contribution is -2.32. The Labute approximate surface area is 192 Å². The van der Waals surface area contributed by atoms with Gasteiger partial charge in [-0.1, -0.05) is 6.92 Å². The maximum absolute atomic E-state index is 8.66. The highest BCUT2D eigenvalue weighted by Gasteiger charge is 2.25. The third-order valence-corrected chi connectivity index (χ3v) is 3.93. The Balaban J connectivity index is 0. The summed E-state index contributed by atoms with van der Waals surface area (Å²) in [5.74, 6) is 0.441. The number of aliphatic hydroxyl groups excluding tert-OH is 3. The van der Waals surface area contributed by atoms with Crippen molar-refractivity contribution in [1.82, 2.24) is 0 Å². The molecule has 0 aliphatic rings. The van der Waals surface area contributed by atoms with Crippen LogP contribution < -0.4 is 0 Å². The molecule has 10 nitrogen and oxygen atoms in total. The second-order valence-corrected chi connectivity index (χ2v) is 6.18. The van der Waals surface area contributed by atoms with Crippen molar-refractivity contribution in [2.45, 2.75) is 54.9 Å². The van der Waals surface area contributed by atoms with E-state index in [4.69, 9.17) is 48.5 Å². The van der Waals surface area contributed by atoms with Crippen molar-refractivity contribution < 1.29 is 48.5 Å².